The van der Waals surface area contributed by atoms with E-state index < -0.39 is 0 Å². The lowest BCUT2D eigenvalue weighted by atomic mass is 10.1. The van der Waals surface area contributed by atoms with Gasteiger partial charge < -0.3 is 14.6 Å². The highest BCUT2D eigenvalue weighted by Gasteiger charge is 2.38. The van der Waals surface area contributed by atoms with Crippen molar-refractivity contribution in [3.8, 4) is 0 Å². The predicted molar refractivity (Wildman–Crippen MR) is 59.3 cm³/mol. The zero-order chi connectivity index (χ0) is 11.1. The third-order valence-corrected chi connectivity index (χ3v) is 3.54. The van der Waals surface area contributed by atoms with Crippen molar-refractivity contribution in [2.75, 3.05) is 13.1 Å². The number of carbonyl (C=O) groups excluding carboxylic acids is 1. The predicted octanol–water partition coefficient (Wildman–Crippen LogP) is 1.16. The molecular formula is C12H16N2O2. The van der Waals surface area contributed by atoms with E-state index in [9.17, 15) is 4.79 Å². The first-order valence-electron chi connectivity index (χ1n) is 5.85. The van der Waals surface area contributed by atoms with E-state index in [0.717, 1.165) is 31.7 Å². The Hall–Kier alpha value is -1.29. The number of nitrogens with one attached hydrogen (secondary N) is 1. The van der Waals surface area contributed by atoms with Crippen LogP contribution in [0.25, 0.3) is 0 Å². The number of piperidine rings is 1. The van der Waals surface area contributed by atoms with Crippen molar-refractivity contribution in [3.05, 3.63) is 23.7 Å². The van der Waals surface area contributed by atoms with E-state index in [0.29, 0.717) is 17.8 Å². The fourth-order valence-corrected chi connectivity index (χ4v) is 2.73. The third-order valence-electron chi connectivity index (χ3n) is 3.54. The first-order valence-corrected chi connectivity index (χ1v) is 5.85. The number of nitrogens with zero attached hydrogens (tertiary/aromatic N) is 1. The second-order valence-corrected chi connectivity index (χ2v) is 4.70. The Labute approximate surface area is 94.6 Å². The molecule has 1 amide bonds. The summed E-state index contributed by atoms with van der Waals surface area (Å²) in [7, 11) is 0. The SMILES string of the molecule is Cc1ccc(C(=O)N2CC3CC2CCN3)o1. The van der Waals surface area contributed by atoms with Crippen molar-refractivity contribution in [2.45, 2.75) is 31.8 Å². The normalized spacial score (nSPS) is 28.4. The van der Waals surface area contributed by atoms with Gasteiger partial charge in [-0.1, -0.05) is 0 Å². The van der Waals surface area contributed by atoms with Crippen molar-refractivity contribution < 1.29 is 9.21 Å². The van der Waals surface area contributed by atoms with Crippen LogP contribution in [0.15, 0.2) is 16.5 Å². The van der Waals surface area contributed by atoms with Crippen LogP contribution in [0.4, 0.5) is 0 Å². The molecule has 2 bridgehead atoms. The number of hydrogen-bond donors (Lipinski definition) is 1. The van der Waals surface area contributed by atoms with Gasteiger partial charge in [0.25, 0.3) is 5.91 Å². The van der Waals surface area contributed by atoms with Crippen LogP contribution < -0.4 is 5.32 Å². The van der Waals surface area contributed by atoms with Crippen LogP contribution in [0.2, 0.25) is 0 Å². The smallest absolute Gasteiger partial charge is 0.289 e. The Bertz CT molecular complexity index is 413. The van der Waals surface area contributed by atoms with Crippen molar-refractivity contribution in [2.24, 2.45) is 0 Å². The number of amides is 1. The third kappa shape index (κ3) is 1.53. The molecule has 2 atom stereocenters. The van der Waals surface area contributed by atoms with Crippen molar-refractivity contribution in [1.82, 2.24) is 10.2 Å². The molecule has 86 valence electrons. The largest absolute Gasteiger partial charge is 0.456 e. The number of rotatable bonds is 1. The molecule has 0 spiro atoms. The molecule has 1 N–H and O–H groups in total. The minimum atomic E-state index is 0.0456. The average molecular weight is 220 g/mol. The number of fused-ring (bicyclic) bond motifs is 2. The molecule has 3 rings (SSSR count). The fourth-order valence-electron chi connectivity index (χ4n) is 2.73. The molecule has 4 nitrogen and oxygen atoms in total. The molecule has 0 aliphatic carbocycles. The van der Waals surface area contributed by atoms with Gasteiger partial charge in [-0.2, -0.15) is 0 Å². The van der Waals surface area contributed by atoms with E-state index >= 15 is 0 Å². The van der Waals surface area contributed by atoms with Crippen LogP contribution in [0, 0.1) is 6.92 Å². The first-order chi connectivity index (χ1) is 7.74. The molecule has 0 aromatic carbocycles. The second kappa shape index (κ2) is 3.63. The lowest BCUT2D eigenvalue weighted by Gasteiger charge is -2.23. The topological polar surface area (TPSA) is 45.5 Å². The monoisotopic (exact) mass is 220 g/mol. The van der Waals surface area contributed by atoms with Crippen molar-refractivity contribution in [1.29, 1.82) is 0 Å². The lowest BCUT2D eigenvalue weighted by Crippen LogP contribution is -2.36. The molecule has 2 saturated heterocycles. The Morgan fingerprint density at radius 3 is 3.12 bits per heavy atom. The van der Waals surface area contributed by atoms with E-state index in [2.05, 4.69) is 5.32 Å². The summed E-state index contributed by atoms with van der Waals surface area (Å²) in [5.41, 5.74) is 0. The number of aryl methyl sites for hydroxylation is 1. The molecule has 2 aliphatic rings. The van der Waals surface area contributed by atoms with Gasteiger partial charge in [-0.25, -0.2) is 0 Å². The van der Waals surface area contributed by atoms with Gasteiger partial charge in [0.05, 0.1) is 0 Å². The number of hydrogen-bond acceptors (Lipinski definition) is 3. The Morgan fingerprint density at radius 2 is 2.44 bits per heavy atom. The summed E-state index contributed by atoms with van der Waals surface area (Å²) in [6.07, 6.45) is 2.15. The minimum absolute atomic E-state index is 0.0456. The number of carbonyl (C=O) groups is 1. The first kappa shape index (κ1) is 9.90. The summed E-state index contributed by atoms with van der Waals surface area (Å²) < 4.78 is 5.39. The average Bonchev–Trinajstić information content (AvgIpc) is 2.83. The second-order valence-electron chi connectivity index (χ2n) is 4.70. The molecule has 16 heavy (non-hydrogen) atoms. The summed E-state index contributed by atoms with van der Waals surface area (Å²) in [4.78, 5) is 14.2. The highest BCUT2D eigenvalue weighted by atomic mass is 16.3. The molecule has 2 fully saturated rings. The van der Waals surface area contributed by atoms with E-state index in [1.165, 1.54) is 0 Å². The molecule has 2 aliphatic heterocycles. The maximum absolute atomic E-state index is 12.2. The van der Waals surface area contributed by atoms with Crippen molar-refractivity contribution in [3.63, 3.8) is 0 Å². The van der Waals surface area contributed by atoms with Gasteiger partial charge in [-0.3, -0.25) is 4.79 Å². The number of likely N-dealkylation sites (tertiary alicyclic amines) is 1. The Morgan fingerprint density at radius 1 is 1.56 bits per heavy atom. The van der Waals surface area contributed by atoms with Crippen molar-refractivity contribution >= 4 is 5.91 Å². The highest BCUT2D eigenvalue weighted by Crippen LogP contribution is 2.26. The van der Waals surface area contributed by atoms with E-state index in [-0.39, 0.29) is 5.91 Å². The summed E-state index contributed by atoms with van der Waals surface area (Å²) in [6.45, 7) is 3.71. The summed E-state index contributed by atoms with van der Waals surface area (Å²) in [5.74, 6) is 1.32. The van der Waals surface area contributed by atoms with E-state index in [1.807, 2.05) is 17.9 Å². The minimum Gasteiger partial charge on any atom is -0.456 e. The van der Waals surface area contributed by atoms with Gasteiger partial charge in [0.15, 0.2) is 5.76 Å². The molecule has 3 heterocycles. The molecule has 1 aromatic rings. The van der Waals surface area contributed by atoms with Gasteiger partial charge >= 0.3 is 0 Å². The van der Waals surface area contributed by atoms with E-state index in [4.69, 9.17) is 4.42 Å². The van der Waals surface area contributed by atoms with Gasteiger partial charge in [0.1, 0.15) is 5.76 Å². The van der Waals surface area contributed by atoms with Crippen LogP contribution in [-0.2, 0) is 0 Å². The van der Waals surface area contributed by atoms with Crippen LogP contribution in [-0.4, -0.2) is 36.0 Å². The van der Waals surface area contributed by atoms with E-state index in [1.54, 1.807) is 6.07 Å². The molecule has 2 unspecified atom stereocenters. The number of furan rings is 1. The maximum Gasteiger partial charge on any atom is 0.289 e. The highest BCUT2D eigenvalue weighted by molar-refractivity contribution is 5.92. The molecule has 0 radical (unpaired) electrons. The lowest BCUT2D eigenvalue weighted by molar-refractivity contribution is 0.0702. The van der Waals surface area contributed by atoms with Gasteiger partial charge in [0.2, 0.25) is 0 Å². The fraction of sp³-hybridized carbons (Fsp3) is 0.583. The summed E-state index contributed by atoms with van der Waals surface area (Å²) in [5, 5.41) is 3.43. The van der Waals surface area contributed by atoms with Crippen LogP contribution in [0.3, 0.4) is 0 Å². The summed E-state index contributed by atoms with van der Waals surface area (Å²) in [6, 6.07) is 4.50. The van der Waals surface area contributed by atoms with Gasteiger partial charge in [-0.15, -0.1) is 0 Å². The van der Waals surface area contributed by atoms with Crippen LogP contribution >= 0.6 is 0 Å². The maximum atomic E-state index is 12.2. The Balaban J connectivity index is 1.80. The molecule has 1 aromatic heterocycles. The molecule has 0 saturated carbocycles. The zero-order valence-corrected chi connectivity index (χ0v) is 9.40. The quantitative estimate of drug-likeness (QED) is 0.772. The summed E-state index contributed by atoms with van der Waals surface area (Å²) >= 11 is 0. The Kier molecular flexibility index (Phi) is 2.24. The zero-order valence-electron chi connectivity index (χ0n) is 9.40. The van der Waals surface area contributed by atoms with Crippen LogP contribution in [0.5, 0.6) is 0 Å². The standard InChI is InChI=1S/C12H16N2O2/c1-8-2-3-11(16-8)12(15)14-7-9-6-10(14)4-5-13-9/h2-3,9-10,13H,4-7H2,1H3. The van der Waals surface area contributed by atoms with Crippen LogP contribution in [0.1, 0.15) is 29.2 Å². The molecular weight excluding hydrogens is 204 g/mol. The van der Waals surface area contributed by atoms with Gasteiger partial charge in [-0.05, 0) is 38.4 Å². The molecule has 4 heteroatoms. The van der Waals surface area contributed by atoms with Gasteiger partial charge in [0, 0.05) is 18.6 Å².